The Morgan fingerprint density at radius 2 is 1.95 bits per heavy atom. The van der Waals surface area contributed by atoms with E-state index in [1.165, 1.54) is 4.46 Å². The Kier molecular flexibility index (Phi) is 3.95. The van der Waals surface area contributed by atoms with Gasteiger partial charge in [0, 0.05) is 0 Å². The van der Waals surface area contributed by atoms with Crippen molar-refractivity contribution in [3.05, 3.63) is 30.3 Å². The summed E-state index contributed by atoms with van der Waals surface area (Å²) in [5.41, 5.74) is -0.910. The van der Waals surface area contributed by atoms with Crippen LogP contribution in [-0.2, 0) is 4.74 Å². The molecular formula is C16H22O3Se. The van der Waals surface area contributed by atoms with Crippen molar-refractivity contribution in [3.8, 4) is 0 Å². The fraction of sp³-hybridized carbons (Fsp3) is 0.625. The summed E-state index contributed by atoms with van der Waals surface area (Å²) < 4.78 is 7.66. The van der Waals surface area contributed by atoms with Crippen LogP contribution in [0.25, 0.3) is 0 Å². The molecule has 1 aliphatic carbocycles. The fourth-order valence-corrected chi connectivity index (χ4v) is 6.51. The molecule has 2 heterocycles. The van der Waals surface area contributed by atoms with Crippen molar-refractivity contribution in [2.45, 2.75) is 42.2 Å². The normalized spacial score (nSPS) is 35.1. The third kappa shape index (κ3) is 2.34. The van der Waals surface area contributed by atoms with Gasteiger partial charge in [-0.2, -0.15) is 0 Å². The van der Waals surface area contributed by atoms with Crippen molar-refractivity contribution in [1.82, 2.24) is 0 Å². The van der Waals surface area contributed by atoms with Crippen LogP contribution in [0.3, 0.4) is 0 Å². The molecule has 1 saturated carbocycles. The van der Waals surface area contributed by atoms with Gasteiger partial charge in [0.2, 0.25) is 0 Å². The van der Waals surface area contributed by atoms with Crippen LogP contribution in [-0.4, -0.2) is 49.6 Å². The Morgan fingerprint density at radius 1 is 1.25 bits per heavy atom. The van der Waals surface area contributed by atoms with Crippen LogP contribution in [0, 0.1) is 5.92 Å². The molecule has 1 aromatic carbocycles. The molecular weight excluding hydrogens is 319 g/mol. The van der Waals surface area contributed by atoms with Crippen molar-refractivity contribution >= 4 is 19.4 Å². The van der Waals surface area contributed by atoms with Gasteiger partial charge in [0.15, 0.2) is 0 Å². The van der Waals surface area contributed by atoms with Crippen molar-refractivity contribution in [3.63, 3.8) is 0 Å². The van der Waals surface area contributed by atoms with Gasteiger partial charge in [-0.1, -0.05) is 0 Å². The van der Waals surface area contributed by atoms with Gasteiger partial charge < -0.3 is 0 Å². The van der Waals surface area contributed by atoms with E-state index >= 15 is 0 Å². The molecule has 3 fully saturated rings. The van der Waals surface area contributed by atoms with Gasteiger partial charge in [0.25, 0.3) is 0 Å². The first-order valence-electron chi connectivity index (χ1n) is 7.25. The number of hydrogen-bond acceptors (Lipinski definition) is 3. The third-order valence-corrected chi connectivity index (χ3v) is 8.09. The summed E-state index contributed by atoms with van der Waals surface area (Å²) in [6.45, 7) is 2.02. The number of hydrogen-bond donors (Lipinski definition) is 2. The van der Waals surface area contributed by atoms with Crippen LogP contribution in [0.2, 0.25) is 4.82 Å². The van der Waals surface area contributed by atoms with Crippen LogP contribution < -0.4 is 4.46 Å². The van der Waals surface area contributed by atoms with Gasteiger partial charge in [-0.3, -0.25) is 0 Å². The average molecular weight is 341 g/mol. The van der Waals surface area contributed by atoms with E-state index in [4.69, 9.17) is 4.74 Å². The third-order valence-electron chi connectivity index (χ3n) is 4.91. The fourth-order valence-electron chi connectivity index (χ4n) is 3.60. The van der Waals surface area contributed by atoms with Gasteiger partial charge in [0.1, 0.15) is 0 Å². The number of fused-ring (bicyclic) bond motifs is 3. The SMILES string of the molecule is CC12CCC(CC1[Se]c1ccccc1)C(CO)(CO)O2. The summed E-state index contributed by atoms with van der Waals surface area (Å²) in [5, 5.41) is 19.3. The van der Waals surface area contributed by atoms with E-state index in [9.17, 15) is 10.2 Å². The molecule has 0 amide bonds. The van der Waals surface area contributed by atoms with E-state index in [0.29, 0.717) is 19.8 Å². The zero-order chi connectivity index (χ0) is 14.2. The first kappa shape index (κ1) is 14.6. The van der Waals surface area contributed by atoms with Crippen molar-refractivity contribution < 1.29 is 14.9 Å². The molecule has 2 aliphatic heterocycles. The van der Waals surface area contributed by atoms with Gasteiger partial charge in [-0.25, -0.2) is 0 Å². The second-order valence-corrected chi connectivity index (χ2v) is 8.86. The molecule has 3 atom stereocenters. The molecule has 1 aromatic rings. The number of benzene rings is 1. The summed E-state index contributed by atoms with van der Waals surface area (Å²) in [6, 6.07) is 10.6. The summed E-state index contributed by atoms with van der Waals surface area (Å²) >= 11 is 0.381. The Bertz CT molecular complexity index is 460. The molecule has 0 radical (unpaired) electrons. The van der Waals surface area contributed by atoms with Crippen LogP contribution in [0.4, 0.5) is 0 Å². The van der Waals surface area contributed by atoms with Gasteiger partial charge in [0.05, 0.1) is 0 Å². The van der Waals surface area contributed by atoms with E-state index in [1.807, 2.05) is 6.07 Å². The zero-order valence-electron chi connectivity index (χ0n) is 11.8. The molecule has 4 rings (SSSR count). The minimum absolute atomic E-state index is 0.0746. The molecule has 0 aromatic heterocycles. The van der Waals surface area contributed by atoms with Crippen molar-refractivity contribution in [1.29, 1.82) is 0 Å². The van der Waals surface area contributed by atoms with Crippen LogP contribution in [0.15, 0.2) is 30.3 Å². The molecule has 110 valence electrons. The predicted octanol–water partition coefficient (Wildman–Crippen LogP) is 1.12. The minimum atomic E-state index is -0.712. The molecule has 20 heavy (non-hydrogen) atoms. The maximum atomic E-state index is 9.67. The van der Waals surface area contributed by atoms with Gasteiger partial charge >= 0.3 is 126 Å². The molecule has 2 N–H and O–H groups in total. The van der Waals surface area contributed by atoms with Gasteiger partial charge in [-0.15, -0.1) is 0 Å². The van der Waals surface area contributed by atoms with E-state index in [1.54, 1.807) is 0 Å². The molecule has 2 bridgehead atoms. The number of rotatable bonds is 4. The van der Waals surface area contributed by atoms with Crippen LogP contribution in [0.1, 0.15) is 26.2 Å². The van der Waals surface area contributed by atoms with Crippen LogP contribution in [0.5, 0.6) is 0 Å². The van der Waals surface area contributed by atoms with Gasteiger partial charge in [-0.05, 0) is 0 Å². The summed E-state index contributed by atoms with van der Waals surface area (Å²) in [4.78, 5) is 0.530. The first-order chi connectivity index (χ1) is 9.62. The second-order valence-electron chi connectivity index (χ2n) is 6.19. The Labute approximate surface area is 126 Å². The van der Waals surface area contributed by atoms with Crippen LogP contribution >= 0.6 is 0 Å². The van der Waals surface area contributed by atoms with E-state index in [0.717, 1.165) is 19.3 Å². The van der Waals surface area contributed by atoms with Crippen molar-refractivity contribution in [2.75, 3.05) is 13.2 Å². The first-order valence-corrected chi connectivity index (χ1v) is 9.10. The Hall–Kier alpha value is -0.381. The van der Waals surface area contributed by atoms with E-state index in [2.05, 4.69) is 31.2 Å². The maximum absolute atomic E-state index is 9.67. The molecule has 3 unspecified atom stereocenters. The summed E-state index contributed by atoms with van der Waals surface area (Å²) in [5.74, 6) is 0.287. The van der Waals surface area contributed by atoms with E-state index in [-0.39, 0.29) is 24.7 Å². The molecule has 3 nitrogen and oxygen atoms in total. The second kappa shape index (κ2) is 5.43. The molecule has 4 heteroatoms. The predicted molar refractivity (Wildman–Crippen MR) is 79.3 cm³/mol. The standard InChI is InChI=1S/C16H22O3Se/c1-15-8-7-12(16(10-17,11-18)19-15)9-14(15)20-13-5-3-2-4-6-13/h2-6,12,14,17-18H,7-11H2,1H3. The quantitative estimate of drug-likeness (QED) is 0.807. The molecule has 3 aliphatic rings. The van der Waals surface area contributed by atoms with Crippen molar-refractivity contribution in [2.24, 2.45) is 5.92 Å². The summed E-state index contributed by atoms with van der Waals surface area (Å²) in [6.07, 6.45) is 3.16. The molecule has 0 spiro atoms. The summed E-state index contributed by atoms with van der Waals surface area (Å²) in [7, 11) is 0. The Morgan fingerprint density at radius 3 is 2.55 bits per heavy atom. The average Bonchev–Trinajstić information content (AvgIpc) is 2.49. The Balaban J connectivity index is 1.80. The number of ether oxygens (including phenoxy) is 1. The topological polar surface area (TPSA) is 49.7 Å². The number of aliphatic hydroxyl groups excluding tert-OH is 2. The monoisotopic (exact) mass is 342 g/mol. The number of aliphatic hydroxyl groups is 2. The molecule has 2 saturated heterocycles. The van der Waals surface area contributed by atoms with E-state index < -0.39 is 5.60 Å². The zero-order valence-corrected chi connectivity index (χ0v) is 13.5.